The van der Waals surface area contributed by atoms with E-state index in [1.807, 2.05) is 12.1 Å². The summed E-state index contributed by atoms with van der Waals surface area (Å²) in [6, 6.07) is 5.47. The second-order valence-corrected chi connectivity index (χ2v) is 2.51. The molecule has 0 aliphatic carbocycles. The van der Waals surface area contributed by atoms with Gasteiger partial charge in [-0.1, -0.05) is 6.07 Å². The summed E-state index contributed by atoms with van der Waals surface area (Å²) in [5, 5.41) is 0. The van der Waals surface area contributed by atoms with Crippen molar-refractivity contribution < 1.29 is 4.11 Å². The Bertz CT molecular complexity index is 465. The minimum Gasteiger partial charge on any atom is -0.256 e. The molecule has 0 atom stereocenters. The molecule has 3 nitrogen and oxygen atoms in total. The molecule has 0 unspecified atom stereocenters. The molecule has 0 fully saturated rings. The molecule has 0 aliphatic heterocycles. The van der Waals surface area contributed by atoms with E-state index in [9.17, 15) is 0 Å². The molecule has 0 saturated carbocycles. The van der Waals surface area contributed by atoms with Crippen LogP contribution in [0.3, 0.4) is 0 Å². The smallest absolute Gasteiger partial charge is 0.125 e. The molecule has 0 bridgehead atoms. The van der Waals surface area contributed by atoms with Crippen LogP contribution in [0.15, 0.2) is 36.8 Å². The number of nitrogens with zero attached hydrogens (tertiary/aromatic N) is 3. The summed E-state index contributed by atoms with van der Waals surface area (Å²) >= 11 is 0. The Morgan fingerprint density at radius 3 is 2.62 bits per heavy atom. The van der Waals surface area contributed by atoms with E-state index in [1.165, 1.54) is 12.4 Å². The molecule has 0 spiro atoms. The van der Waals surface area contributed by atoms with Crippen LogP contribution in [0.1, 0.15) is 9.94 Å². The van der Waals surface area contributed by atoms with Crippen molar-refractivity contribution in [3.8, 4) is 11.3 Å². The van der Waals surface area contributed by atoms with Gasteiger partial charge in [0.25, 0.3) is 0 Å². The Hall–Kier alpha value is -1.77. The third-order valence-corrected chi connectivity index (χ3v) is 1.61. The number of aromatic nitrogens is 3. The normalized spacial score (nSPS) is 14.3. The molecular weight excluding hydrogens is 162 g/mol. The van der Waals surface area contributed by atoms with Gasteiger partial charge in [0.05, 0.1) is 5.69 Å². The molecule has 2 aromatic heterocycles. The van der Waals surface area contributed by atoms with E-state index in [-0.39, 0.29) is 5.82 Å². The molecule has 2 rings (SSSR count). The van der Waals surface area contributed by atoms with E-state index in [4.69, 9.17) is 4.11 Å². The van der Waals surface area contributed by atoms with Gasteiger partial charge >= 0.3 is 0 Å². The van der Waals surface area contributed by atoms with Crippen LogP contribution < -0.4 is 0 Å². The highest BCUT2D eigenvalue weighted by Crippen LogP contribution is 2.12. The van der Waals surface area contributed by atoms with Gasteiger partial charge in [0, 0.05) is 28.3 Å². The minimum atomic E-state index is -2.26. The van der Waals surface area contributed by atoms with Gasteiger partial charge in [0.1, 0.15) is 5.82 Å². The summed E-state index contributed by atoms with van der Waals surface area (Å²) in [6.45, 7) is -2.26. The Morgan fingerprint density at radius 2 is 2.00 bits per heavy atom. The molecule has 13 heavy (non-hydrogen) atoms. The lowest BCUT2D eigenvalue weighted by molar-refractivity contribution is 1.05. The lowest BCUT2D eigenvalue weighted by Crippen LogP contribution is -1.88. The quantitative estimate of drug-likeness (QED) is 0.662. The minimum absolute atomic E-state index is 0.146. The van der Waals surface area contributed by atoms with Gasteiger partial charge < -0.3 is 0 Å². The first-order valence-electron chi connectivity index (χ1n) is 5.31. The van der Waals surface area contributed by atoms with Crippen molar-refractivity contribution in [3.63, 3.8) is 0 Å². The van der Waals surface area contributed by atoms with Gasteiger partial charge in [0.2, 0.25) is 0 Å². The summed E-state index contributed by atoms with van der Waals surface area (Å²) in [5.74, 6) is -0.146. The van der Waals surface area contributed by atoms with E-state index in [0.717, 1.165) is 5.69 Å². The number of aryl methyl sites for hydroxylation is 1. The Labute approximate surface area is 80.7 Å². The predicted molar refractivity (Wildman–Crippen MR) is 50.0 cm³/mol. The van der Waals surface area contributed by atoms with Crippen LogP contribution in [0.4, 0.5) is 0 Å². The van der Waals surface area contributed by atoms with Gasteiger partial charge in [-0.05, 0) is 19.0 Å². The molecule has 3 heteroatoms. The first-order valence-corrected chi connectivity index (χ1v) is 3.81. The first-order chi connectivity index (χ1) is 7.57. The maximum absolute atomic E-state index is 7.14. The summed E-state index contributed by atoms with van der Waals surface area (Å²) < 4.78 is 21.4. The standard InChI is InChI=1S/C10H9N3/c1-8-12-6-9(7-13-8)10-4-2-3-5-11-10/h2-7H,1H3/i1D3. The summed E-state index contributed by atoms with van der Waals surface area (Å²) in [4.78, 5) is 11.7. The van der Waals surface area contributed by atoms with Crippen LogP contribution in [-0.2, 0) is 0 Å². The topological polar surface area (TPSA) is 38.7 Å². The molecule has 0 N–H and O–H groups in total. The van der Waals surface area contributed by atoms with Crippen LogP contribution in [-0.4, -0.2) is 15.0 Å². The second kappa shape index (κ2) is 3.31. The van der Waals surface area contributed by atoms with Crippen molar-refractivity contribution in [2.24, 2.45) is 0 Å². The lowest BCUT2D eigenvalue weighted by atomic mass is 10.2. The number of hydrogen-bond acceptors (Lipinski definition) is 3. The lowest BCUT2D eigenvalue weighted by Gasteiger charge is -1.98. The molecular formula is C10H9N3. The highest BCUT2D eigenvalue weighted by molar-refractivity contribution is 5.55. The van der Waals surface area contributed by atoms with Crippen LogP contribution in [0, 0.1) is 6.85 Å². The molecule has 0 aliphatic rings. The van der Waals surface area contributed by atoms with E-state index < -0.39 is 6.85 Å². The van der Waals surface area contributed by atoms with Crippen molar-refractivity contribution >= 4 is 0 Å². The summed E-state index contributed by atoms with van der Waals surface area (Å²) in [7, 11) is 0. The zero-order valence-electron chi connectivity index (χ0n) is 9.81. The van der Waals surface area contributed by atoms with Crippen molar-refractivity contribution in [2.75, 3.05) is 0 Å². The van der Waals surface area contributed by atoms with E-state index in [1.54, 1.807) is 12.3 Å². The monoisotopic (exact) mass is 174 g/mol. The van der Waals surface area contributed by atoms with Crippen molar-refractivity contribution in [2.45, 2.75) is 6.85 Å². The maximum atomic E-state index is 7.14. The molecule has 0 saturated heterocycles. The average molecular weight is 174 g/mol. The van der Waals surface area contributed by atoms with Gasteiger partial charge in [-0.3, -0.25) is 4.98 Å². The molecule has 64 valence electrons. The van der Waals surface area contributed by atoms with Crippen molar-refractivity contribution in [3.05, 3.63) is 42.6 Å². The van der Waals surface area contributed by atoms with Crippen LogP contribution in [0.5, 0.6) is 0 Å². The van der Waals surface area contributed by atoms with E-state index >= 15 is 0 Å². The van der Waals surface area contributed by atoms with Gasteiger partial charge in [0.15, 0.2) is 0 Å². The molecule has 0 amide bonds. The third-order valence-electron chi connectivity index (χ3n) is 1.61. The number of rotatable bonds is 1. The summed E-state index contributed by atoms with van der Waals surface area (Å²) in [5.41, 5.74) is 1.42. The van der Waals surface area contributed by atoms with Gasteiger partial charge in [-0.25, -0.2) is 9.97 Å². The molecule has 2 aromatic rings. The first kappa shape index (κ1) is 5.07. The van der Waals surface area contributed by atoms with E-state index in [0.29, 0.717) is 5.56 Å². The molecule has 2 heterocycles. The number of hydrogen-bond donors (Lipinski definition) is 0. The Morgan fingerprint density at radius 1 is 1.15 bits per heavy atom. The molecule has 0 radical (unpaired) electrons. The van der Waals surface area contributed by atoms with Gasteiger partial charge in [-0.15, -0.1) is 0 Å². The molecule has 0 aromatic carbocycles. The number of pyridine rings is 1. The van der Waals surface area contributed by atoms with Crippen molar-refractivity contribution in [1.29, 1.82) is 0 Å². The fourth-order valence-corrected chi connectivity index (χ4v) is 0.994. The average Bonchev–Trinajstić information content (AvgIpc) is 2.29. The summed E-state index contributed by atoms with van der Waals surface area (Å²) in [6.07, 6.45) is 4.60. The zero-order chi connectivity index (χ0) is 11.6. The second-order valence-electron chi connectivity index (χ2n) is 2.51. The fraction of sp³-hybridized carbons (Fsp3) is 0.100. The SMILES string of the molecule is [2H]C([2H])([2H])c1ncc(-c2ccccn2)cn1. The zero-order valence-corrected chi connectivity index (χ0v) is 6.81. The van der Waals surface area contributed by atoms with Gasteiger partial charge in [-0.2, -0.15) is 0 Å². The van der Waals surface area contributed by atoms with Crippen LogP contribution >= 0.6 is 0 Å². The van der Waals surface area contributed by atoms with Crippen LogP contribution in [0.25, 0.3) is 11.3 Å². The largest absolute Gasteiger partial charge is 0.256 e. The third kappa shape index (κ3) is 1.69. The highest BCUT2D eigenvalue weighted by Gasteiger charge is 1.97. The Balaban J connectivity index is 2.34. The predicted octanol–water partition coefficient (Wildman–Crippen LogP) is 1.85. The van der Waals surface area contributed by atoms with Crippen LogP contribution in [0.2, 0.25) is 0 Å². The maximum Gasteiger partial charge on any atom is 0.125 e. The van der Waals surface area contributed by atoms with E-state index in [2.05, 4.69) is 15.0 Å². The van der Waals surface area contributed by atoms with Crippen molar-refractivity contribution in [1.82, 2.24) is 15.0 Å². The highest BCUT2D eigenvalue weighted by atomic mass is 14.9. The fourth-order valence-electron chi connectivity index (χ4n) is 0.994. The Kier molecular flexibility index (Phi) is 1.29.